The quantitative estimate of drug-likeness (QED) is 0.124. The molecular formula is C33H48NO+. The van der Waals surface area contributed by atoms with Crippen molar-refractivity contribution in [2.45, 2.75) is 110 Å². The van der Waals surface area contributed by atoms with E-state index in [0.717, 1.165) is 24.5 Å². The molecule has 0 fully saturated rings. The van der Waals surface area contributed by atoms with E-state index in [2.05, 4.69) is 78.4 Å². The van der Waals surface area contributed by atoms with Crippen molar-refractivity contribution in [3.63, 3.8) is 0 Å². The van der Waals surface area contributed by atoms with Crippen molar-refractivity contribution >= 4 is 10.9 Å². The van der Waals surface area contributed by atoms with Gasteiger partial charge in [-0.3, -0.25) is 0 Å². The maximum Gasteiger partial charge on any atom is 0.218 e. The van der Waals surface area contributed by atoms with Gasteiger partial charge in [-0.1, -0.05) is 115 Å². The van der Waals surface area contributed by atoms with Crippen LogP contribution in [0.2, 0.25) is 0 Å². The smallest absolute Gasteiger partial charge is 0.218 e. The van der Waals surface area contributed by atoms with Crippen molar-refractivity contribution in [2.75, 3.05) is 6.61 Å². The fourth-order valence-corrected chi connectivity index (χ4v) is 4.93. The van der Waals surface area contributed by atoms with E-state index in [1.165, 1.54) is 107 Å². The predicted molar refractivity (Wildman–Crippen MR) is 151 cm³/mol. The largest absolute Gasteiger partial charge is 0.494 e. The van der Waals surface area contributed by atoms with Crippen LogP contribution in [0.3, 0.4) is 0 Å². The number of fused-ring (bicyclic) bond motifs is 1. The molecule has 0 aliphatic rings. The van der Waals surface area contributed by atoms with Gasteiger partial charge in [0.25, 0.3) is 0 Å². The van der Waals surface area contributed by atoms with E-state index >= 15 is 0 Å². The second-order valence-corrected chi connectivity index (χ2v) is 10.1. The number of unbranched alkanes of at least 4 members (excludes halogenated alkanes) is 15. The summed E-state index contributed by atoms with van der Waals surface area (Å²) in [5.74, 6) is 0.968. The Balaban J connectivity index is 1.17. The molecule has 0 amide bonds. The lowest BCUT2D eigenvalue weighted by molar-refractivity contribution is -0.567. The first kappa shape index (κ1) is 27.2. The van der Waals surface area contributed by atoms with Gasteiger partial charge in [0.05, 0.1) is 6.61 Å². The summed E-state index contributed by atoms with van der Waals surface area (Å²) in [5.41, 5.74) is 2.38. The lowest BCUT2D eigenvalue weighted by Gasteiger charge is -2.07. The molecule has 0 aliphatic carbocycles. The Morgan fingerprint density at radius 2 is 1.06 bits per heavy atom. The first-order valence-electron chi connectivity index (χ1n) is 14.5. The number of para-hydroxylation sites is 1. The average molecular weight is 475 g/mol. The van der Waals surface area contributed by atoms with Gasteiger partial charge in [-0.2, -0.15) is 4.57 Å². The third-order valence-corrected chi connectivity index (χ3v) is 7.09. The van der Waals surface area contributed by atoms with E-state index in [-0.39, 0.29) is 0 Å². The number of rotatable bonds is 19. The number of ether oxygens (including phenoxy) is 1. The lowest BCUT2D eigenvalue weighted by Crippen LogP contribution is -2.30. The molecule has 0 atom stereocenters. The maximum absolute atomic E-state index is 5.99. The Kier molecular flexibility index (Phi) is 13.3. The van der Waals surface area contributed by atoms with Gasteiger partial charge >= 0.3 is 0 Å². The van der Waals surface area contributed by atoms with Crippen molar-refractivity contribution in [1.29, 1.82) is 0 Å². The standard InChI is InChI=1S/C33H48NO/c1-2-3-4-5-6-7-8-9-10-11-12-13-14-15-16-19-29-35-32-26-24-31(25-27-32)34-28-20-22-30-21-17-18-23-33(30)34/h17-18,20-28H,2-16,19,29H2,1H3/q+1. The van der Waals surface area contributed by atoms with Crippen LogP contribution in [0, 0.1) is 0 Å². The van der Waals surface area contributed by atoms with Gasteiger partial charge in [0, 0.05) is 29.7 Å². The van der Waals surface area contributed by atoms with Gasteiger partial charge < -0.3 is 4.74 Å². The maximum atomic E-state index is 5.99. The highest BCUT2D eigenvalue weighted by Crippen LogP contribution is 2.17. The second kappa shape index (κ2) is 17.1. The van der Waals surface area contributed by atoms with Crippen LogP contribution in [0.4, 0.5) is 0 Å². The number of pyridine rings is 1. The molecule has 35 heavy (non-hydrogen) atoms. The topological polar surface area (TPSA) is 13.1 Å². The first-order valence-corrected chi connectivity index (χ1v) is 14.5. The summed E-state index contributed by atoms with van der Waals surface area (Å²) in [6.45, 7) is 3.11. The van der Waals surface area contributed by atoms with Crippen molar-refractivity contribution < 1.29 is 9.30 Å². The molecule has 0 unspecified atom stereocenters. The molecule has 2 heteroatoms. The molecule has 2 nitrogen and oxygen atoms in total. The van der Waals surface area contributed by atoms with Crippen LogP contribution < -0.4 is 9.30 Å². The van der Waals surface area contributed by atoms with Crippen LogP contribution in [0.5, 0.6) is 5.75 Å². The molecule has 0 N–H and O–H groups in total. The van der Waals surface area contributed by atoms with Gasteiger partial charge in [0.2, 0.25) is 11.2 Å². The van der Waals surface area contributed by atoms with Gasteiger partial charge in [-0.15, -0.1) is 0 Å². The fraction of sp³-hybridized carbons (Fsp3) is 0.545. The third kappa shape index (κ3) is 10.4. The van der Waals surface area contributed by atoms with E-state index in [0.29, 0.717) is 0 Å². The number of benzene rings is 2. The van der Waals surface area contributed by atoms with Crippen molar-refractivity contribution in [3.05, 3.63) is 66.9 Å². The van der Waals surface area contributed by atoms with Crippen LogP contribution >= 0.6 is 0 Å². The molecule has 2 aromatic carbocycles. The van der Waals surface area contributed by atoms with E-state index in [4.69, 9.17) is 4.74 Å². The average Bonchev–Trinajstić information content (AvgIpc) is 2.90. The van der Waals surface area contributed by atoms with E-state index < -0.39 is 0 Å². The minimum atomic E-state index is 0.819. The van der Waals surface area contributed by atoms with Crippen molar-refractivity contribution in [3.8, 4) is 11.4 Å². The highest BCUT2D eigenvalue weighted by atomic mass is 16.5. The summed E-state index contributed by atoms with van der Waals surface area (Å²) in [5, 5.41) is 1.25. The van der Waals surface area contributed by atoms with Crippen LogP contribution in [0.15, 0.2) is 66.9 Å². The van der Waals surface area contributed by atoms with E-state index in [1.54, 1.807) is 0 Å². The lowest BCUT2D eigenvalue weighted by atomic mass is 10.0. The Morgan fingerprint density at radius 3 is 1.66 bits per heavy atom. The minimum Gasteiger partial charge on any atom is -0.494 e. The zero-order valence-electron chi connectivity index (χ0n) is 22.2. The molecule has 0 saturated carbocycles. The molecule has 0 bridgehead atoms. The second-order valence-electron chi connectivity index (χ2n) is 10.1. The van der Waals surface area contributed by atoms with Crippen molar-refractivity contribution in [2.24, 2.45) is 0 Å². The molecular weight excluding hydrogens is 426 g/mol. The summed E-state index contributed by atoms with van der Waals surface area (Å²) in [6, 6.07) is 21.2. The summed E-state index contributed by atoms with van der Waals surface area (Å²) in [7, 11) is 0. The Bertz CT molecular complexity index is 928. The molecule has 0 saturated heterocycles. The van der Waals surface area contributed by atoms with E-state index in [1.807, 2.05) is 0 Å². The SMILES string of the molecule is CCCCCCCCCCCCCCCCCCOc1ccc(-[n+]2cccc3ccccc32)cc1. The molecule has 1 aromatic heterocycles. The summed E-state index contributed by atoms with van der Waals surface area (Å²) in [4.78, 5) is 0. The van der Waals surface area contributed by atoms with Gasteiger partial charge in [0.1, 0.15) is 5.75 Å². The fourth-order valence-electron chi connectivity index (χ4n) is 4.93. The summed E-state index contributed by atoms with van der Waals surface area (Å²) in [6.07, 6.45) is 24.5. The number of nitrogens with zero attached hydrogens (tertiary/aromatic N) is 1. The summed E-state index contributed by atoms with van der Waals surface area (Å²) >= 11 is 0. The van der Waals surface area contributed by atoms with Crippen LogP contribution in [0.1, 0.15) is 110 Å². The Hall–Kier alpha value is -2.35. The van der Waals surface area contributed by atoms with Gasteiger partial charge in [0.15, 0.2) is 6.20 Å². The van der Waals surface area contributed by atoms with Gasteiger partial charge in [-0.05, 0) is 30.7 Å². The molecule has 0 spiro atoms. The Labute approximate surface area is 214 Å². The van der Waals surface area contributed by atoms with Crippen LogP contribution in [-0.4, -0.2) is 6.61 Å². The van der Waals surface area contributed by atoms with E-state index in [9.17, 15) is 0 Å². The number of hydrogen-bond acceptors (Lipinski definition) is 1. The number of aromatic nitrogens is 1. The highest BCUT2D eigenvalue weighted by molar-refractivity contribution is 5.75. The molecule has 0 aliphatic heterocycles. The molecule has 0 radical (unpaired) electrons. The molecule has 1 heterocycles. The van der Waals surface area contributed by atoms with Crippen LogP contribution in [-0.2, 0) is 0 Å². The number of hydrogen-bond donors (Lipinski definition) is 0. The predicted octanol–water partition coefficient (Wildman–Crippen LogP) is 9.76. The molecule has 190 valence electrons. The minimum absolute atomic E-state index is 0.819. The Morgan fingerprint density at radius 1 is 0.543 bits per heavy atom. The molecule has 3 aromatic rings. The van der Waals surface area contributed by atoms with Gasteiger partial charge in [-0.25, -0.2) is 0 Å². The van der Waals surface area contributed by atoms with Crippen LogP contribution in [0.25, 0.3) is 16.6 Å². The van der Waals surface area contributed by atoms with Crippen molar-refractivity contribution in [1.82, 2.24) is 0 Å². The highest BCUT2D eigenvalue weighted by Gasteiger charge is 2.11. The third-order valence-electron chi connectivity index (χ3n) is 7.09. The monoisotopic (exact) mass is 474 g/mol. The zero-order valence-corrected chi connectivity index (χ0v) is 22.2. The molecule has 3 rings (SSSR count). The first-order chi connectivity index (χ1) is 17.4. The zero-order chi connectivity index (χ0) is 24.4. The summed E-state index contributed by atoms with van der Waals surface area (Å²) < 4.78 is 8.23. The normalized spacial score (nSPS) is 11.2.